The number of halogens is 1. The molecule has 1 aromatic heterocycles. The maximum Gasteiger partial charge on any atom is 0.183 e. The number of benzene rings is 2. The molecule has 0 unspecified atom stereocenters. The lowest BCUT2D eigenvalue weighted by Crippen LogP contribution is -2.09. The van der Waals surface area contributed by atoms with Crippen LogP contribution >= 0.6 is 0 Å². The summed E-state index contributed by atoms with van der Waals surface area (Å²) in [5.41, 5.74) is 1.67. The van der Waals surface area contributed by atoms with Gasteiger partial charge in [-0.05, 0) is 42.0 Å². The van der Waals surface area contributed by atoms with Crippen LogP contribution in [0, 0.1) is 5.82 Å². The highest BCUT2D eigenvalue weighted by Gasteiger charge is 2.18. The minimum absolute atomic E-state index is 0.203. The van der Waals surface area contributed by atoms with Crippen LogP contribution in [-0.4, -0.2) is 35.0 Å². The van der Waals surface area contributed by atoms with Gasteiger partial charge in [-0.2, -0.15) is 4.68 Å². The SMILES string of the molecule is COc1cc(CNc2c(C(C)=O)nnn2-c2ccc(F)cc2)cc(OC)c1. The van der Waals surface area contributed by atoms with Gasteiger partial charge in [0.1, 0.15) is 17.3 Å². The van der Waals surface area contributed by atoms with Gasteiger partial charge in [-0.25, -0.2) is 4.39 Å². The van der Waals surface area contributed by atoms with Gasteiger partial charge in [-0.15, -0.1) is 5.10 Å². The summed E-state index contributed by atoms with van der Waals surface area (Å²) in [7, 11) is 3.15. The lowest BCUT2D eigenvalue weighted by Gasteiger charge is -2.12. The molecule has 2 aromatic carbocycles. The van der Waals surface area contributed by atoms with E-state index in [2.05, 4.69) is 15.6 Å². The summed E-state index contributed by atoms with van der Waals surface area (Å²) in [4.78, 5) is 11.9. The van der Waals surface area contributed by atoms with Crippen molar-refractivity contribution in [1.82, 2.24) is 15.0 Å². The highest BCUT2D eigenvalue weighted by Crippen LogP contribution is 2.24. The van der Waals surface area contributed by atoms with Gasteiger partial charge in [0.25, 0.3) is 0 Å². The van der Waals surface area contributed by atoms with Crippen LogP contribution in [0.25, 0.3) is 5.69 Å². The van der Waals surface area contributed by atoms with Crippen molar-refractivity contribution >= 4 is 11.6 Å². The van der Waals surface area contributed by atoms with Gasteiger partial charge in [0.15, 0.2) is 17.3 Å². The van der Waals surface area contributed by atoms with Crippen molar-refractivity contribution in [2.45, 2.75) is 13.5 Å². The molecular formula is C19H19FN4O3. The maximum absolute atomic E-state index is 13.2. The Morgan fingerprint density at radius 1 is 1.11 bits per heavy atom. The summed E-state index contributed by atoms with van der Waals surface area (Å²) in [6.45, 7) is 1.79. The van der Waals surface area contributed by atoms with Gasteiger partial charge in [0.05, 0.1) is 19.9 Å². The number of ketones is 1. The zero-order valence-electron chi connectivity index (χ0n) is 15.2. The molecule has 0 saturated carbocycles. The number of hydrogen-bond donors (Lipinski definition) is 1. The average molecular weight is 370 g/mol. The second kappa shape index (κ2) is 7.86. The van der Waals surface area contributed by atoms with Crippen LogP contribution in [0.2, 0.25) is 0 Å². The molecule has 140 valence electrons. The molecule has 27 heavy (non-hydrogen) atoms. The predicted molar refractivity (Wildman–Crippen MR) is 98.2 cm³/mol. The van der Waals surface area contributed by atoms with Crippen molar-refractivity contribution in [2.75, 3.05) is 19.5 Å². The second-order valence-corrected chi connectivity index (χ2v) is 5.81. The van der Waals surface area contributed by atoms with E-state index in [0.29, 0.717) is 29.5 Å². The van der Waals surface area contributed by atoms with E-state index in [1.54, 1.807) is 32.4 Å². The molecule has 0 aliphatic rings. The van der Waals surface area contributed by atoms with Gasteiger partial charge in [0.2, 0.25) is 0 Å². The van der Waals surface area contributed by atoms with Crippen molar-refractivity contribution in [3.8, 4) is 17.2 Å². The van der Waals surface area contributed by atoms with E-state index >= 15 is 0 Å². The average Bonchev–Trinajstić information content (AvgIpc) is 3.10. The number of aromatic nitrogens is 3. The normalized spacial score (nSPS) is 10.5. The molecule has 0 bridgehead atoms. The van der Waals surface area contributed by atoms with Gasteiger partial charge in [-0.3, -0.25) is 4.79 Å². The zero-order chi connectivity index (χ0) is 19.4. The fourth-order valence-electron chi connectivity index (χ4n) is 2.59. The molecule has 0 radical (unpaired) electrons. The summed E-state index contributed by atoms with van der Waals surface area (Å²) in [5, 5.41) is 11.2. The number of rotatable bonds is 7. The summed E-state index contributed by atoms with van der Waals surface area (Å²) in [5.74, 6) is 1.15. The summed E-state index contributed by atoms with van der Waals surface area (Å²) in [6, 6.07) is 11.3. The molecule has 0 aliphatic heterocycles. The van der Waals surface area contributed by atoms with Crippen LogP contribution in [-0.2, 0) is 6.54 Å². The Morgan fingerprint density at radius 2 is 1.74 bits per heavy atom. The highest BCUT2D eigenvalue weighted by molar-refractivity contribution is 5.96. The third kappa shape index (κ3) is 4.05. The molecule has 0 saturated heterocycles. The van der Waals surface area contributed by atoms with Crippen molar-refractivity contribution in [1.29, 1.82) is 0 Å². The maximum atomic E-state index is 13.2. The quantitative estimate of drug-likeness (QED) is 0.644. The first-order valence-electron chi connectivity index (χ1n) is 8.20. The lowest BCUT2D eigenvalue weighted by molar-refractivity contribution is 0.101. The van der Waals surface area contributed by atoms with Crippen molar-refractivity contribution in [3.05, 3.63) is 59.5 Å². The van der Waals surface area contributed by atoms with Crippen LogP contribution in [0.4, 0.5) is 10.2 Å². The highest BCUT2D eigenvalue weighted by atomic mass is 19.1. The topological polar surface area (TPSA) is 78.3 Å². The van der Waals surface area contributed by atoms with Gasteiger partial charge in [0, 0.05) is 19.5 Å². The second-order valence-electron chi connectivity index (χ2n) is 5.81. The smallest absolute Gasteiger partial charge is 0.183 e. The summed E-state index contributed by atoms with van der Waals surface area (Å²) in [6.07, 6.45) is 0. The Kier molecular flexibility index (Phi) is 5.35. The Labute approximate surface area is 155 Å². The monoisotopic (exact) mass is 370 g/mol. The first kappa shape index (κ1) is 18.4. The fraction of sp³-hybridized carbons (Fsp3) is 0.211. The lowest BCUT2D eigenvalue weighted by atomic mass is 10.2. The van der Waals surface area contributed by atoms with Crippen LogP contribution in [0.5, 0.6) is 11.5 Å². The standard InChI is InChI=1S/C19H19FN4O3/c1-12(25)18-19(24(23-22-18)15-6-4-14(20)5-7-15)21-11-13-8-16(26-2)10-17(9-13)27-3/h4-10,21H,11H2,1-3H3. The molecule has 0 amide bonds. The van der Waals surface area contributed by atoms with E-state index in [-0.39, 0.29) is 17.3 Å². The van der Waals surface area contributed by atoms with Crippen molar-refractivity contribution in [2.24, 2.45) is 0 Å². The number of nitrogens with one attached hydrogen (secondary N) is 1. The molecule has 7 nitrogen and oxygen atoms in total. The number of anilines is 1. The van der Waals surface area contributed by atoms with E-state index in [9.17, 15) is 9.18 Å². The van der Waals surface area contributed by atoms with E-state index in [1.165, 1.54) is 23.7 Å². The molecule has 8 heteroatoms. The fourth-order valence-corrected chi connectivity index (χ4v) is 2.59. The largest absolute Gasteiger partial charge is 0.497 e. The van der Waals surface area contributed by atoms with Crippen LogP contribution in [0.1, 0.15) is 23.0 Å². The first-order chi connectivity index (χ1) is 13.0. The molecule has 3 rings (SSSR count). The van der Waals surface area contributed by atoms with Gasteiger partial charge >= 0.3 is 0 Å². The van der Waals surface area contributed by atoms with Gasteiger partial charge < -0.3 is 14.8 Å². The van der Waals surface area contributed by atoms with Crippen LogP contribution in [0.15, 0.2) is 42.5 Å². The Morgan fingerprint density at radius 3 is 2.30 bits per heavy atom. The molecule has 0 fully saturated rings. The predicted octanol–water partition coefficient (Wildman–Crippen LogP) is 3.24. The minimum atomic E-state index is -0.358. The van der Waals surface area contributed by atoms with E-state index in [1.807, 2.05) is 12.1 Å². The third-order valence-corrected chi connectivity index (χ3v) is 3.95. The van der Waals surface area contributed by atoms with Gasteiger partial charge in [-0.1, -0.05) is 5.21 Å². The number of carbonyl (C=O) groups is 1. The molecule has 0 aliphatic carbocycles. The number of ether oxygens (including phenoxy) is 2. The van der Waals surface area contributed by atoms with E-state index < -0.39 is 0 Å². The Hall–Kier alpha value is -3.42. The third-order valence-electron chi connectivity index (χ3n) is 3.95. The van der Waals surface area contributed by atoms with Crippen LogP contribution in [0.3, 0.4) is 0 Å². The molecular weight excluding hydrogens is 351 g/mol. The van der Waals surface area contributed by atoms with Crippen molar-refractivity contribution < 1.29 is 18.7 Å². The Bertz CT molecular complexity index is 932. The molecule has 0 spiro atoms. The number of hydrogen-bond acceptors (Lipinski definition) is 6. The van der Waals surface area contributed by atoms with Crippen LogP contribution < -0.4 is 14.8 Å². The number of Topliss-reactive ketones (excluding diaryl/α,β-unsaturated/α-hetero) is 1. The molecule has 1 N–H and O–H groups in total. The first-order valence-corrected chi connectivity index (χ1v) is 8.20. The van der Waals surface area contributed by atoms with Crippen molar-refractivity contribution in [3.63, 3.8) is 0 Å². The molecule has 3 aromatic rings. The number of nitrogens with zero attached hydrogens (tertiary/aromatic N) is 3. The van der Waals surface area contributed by atoms with E-state index in [0.717, 1.165) is 5.56 Å². The summed E-state index contributed by atoms with van der Waals surface area (Å²) >= 11 is 0. The number of carbonyl (C=O) groups excluding carboxylic acids is 1. The van der Waals surface area contributed by atoms with E-state index in [4.69, 9.17) is 9.47 Å². The Balaban J connectivity index is 1.93. The number of methoxy groups -OCH3 is 2. The zero-order valence-corrected chi connectivity index (χ0v) is 15.2. The minimum Gasteiger partial charge on any atom is -0.497 e. The molecule has 0 atom stereocenters. The summed E-state index contributed by atoms with van der Waals surface area (Å²) < 4.78 is 25.2. The molecule has 1 heterocycles.